The van der Waals surface area contributed by atoms with Crippen LogP contribution in [0.25, 0.3) is 0 Å². The van der Waals surface area contributed by atoms with E-state index in [2.05, 4.69) is 16.0 Å². The predicted molar refractivity (Wildman–Crippen MR) is 161 cm³/mol. The van der Waals surface area contributed by atoms with E-state index in [1.165, 1.54) is 18.2 Å². The predicted octanol–water partition coefficient (Wildman–Crippen LogP) is 2.94. The van der Waals surface area contributed by atoms with Crippen LogP contribution < -0.4 is 21.7 Å². The number of hydrogen-bond donors (Lipinski definition) is 4. The van der Waals surface area contributed by atoms with Crippen molar-refractivity contribution >= 4 is 46.8 Å². The van der Waals surface area contributed by atoms with Gasteiger partial charge in [-0.05, 0) is 43.0 Å². The van der Waals surface area contributed by atoms with Crippen molar-refractivity contribution in [3.8, 4) is 0 Å². The lowest BCUT2D eigenvalue weighted by atomic mass is 9.84. The quantitative estimate of drug-likeness (QED) is 0.135. The monoisotopic (exact) mass is 614 g/mol. The van der Waals surface area contributed by atoms with Crippen molar-refractivity contribution in [2.45, 2.75) is 64.1 Å². The molecule has 1 aliphatic rings. The summed E-state index contributed by atoms with van der Waals surface area (Å²) in [5.41, 5.74) is 7.14. The number of nitrogens with one attached hydrogen (secondary N) is 3. The van der Waals surface area contributed by atoms with E-state index in [0.717, 1.165) is 37.7 Å². The molecule has 3 rings (SSSR count). The number of carbonyl (C=O) groups is 5. The Hall–Kier alpha value is -3.96. The third-order valence-corrected chi connectivity index (χ3v) is 7.47. The summed E-state index contributed by atoms with van der Waals surface area (Å²) in [7, 11) is 0. The van der Waals surface area contributed by atoms with Crippen molar-refractivity contribution < 1.29 is 33.4 Å². The minimum absolute atomic E-state index is 0.116. The second-order valence-corrected chi connectivity index (χ2v) is 10.8. The van der Waals surface area contributed by atoms with E-state index in [1.54, 1.807) is 6.92 Å². The van der Waals surface area contributed by atoms with E-state index in [1.807, 2.05) is 30.3 Å². The molecule has 0 saturated heterocycles. The molecule has 43 heavy (non-hydrogen) atoms. The number of amides is 3. The van der Waals surface area contributed by atoms with Crippen LogP contribution in [0.15, 0.2) is 48.5 Å². The number of benzene rings is 2. The summed E-state index contributed by atoms with van der Waals surface area (Å²) in [6.45, 7) is 1.04. The molecule has 1 aliphatic carbocycles. The van der Waals surface area contributed by atoms with E-state index in [9.17, 15) is 24.0 Å². The van der Waals surface area contributed by atoms with Crippen molar-refractivity contribution in [3.63, 3.8) is 0 Å². The first-order valence-electron chi connectivity index (χ1n) is 14.4. The highest BCUT2D eigenvalue weighted by Crippen LogP contribution is 2.28. The number of hydrogen-bond acceptors (Lipinski definition) is 8. The summed E-state index contributed by atoms with van der Waals surface area (Å²) < 4.78 is 10.5. The van der Waals surface area contributed by atoms with Crippen LogP contribution in [0, 0.1) is 5.92 Å². The first-order valence-corrected chi connectivity index (χ1v) is 14.8. The lowest BCUT2D eigenvalue weighted by Gasteiger charge is -2.28. The zero-order valence-electron chi connectivity index (χ0n) is 24.2. The molecule has 0 bridgehead atoms. The Morgan fingerprint density at radius 2 is 1.70 bits per heavy atom. The van der Waals surface area contributed by atoms with Gasteiger partial charge >= 0.3 is 5.97 Å². The van der Waals surface area contributed by atoms with E-state index in [4.69, 9.17) is 26.8 Å². The first kappa shape index (κ1) is 33.5. The maximum atomic E-state index is 13.6. The molecule has 1 unspecified atom stereocenters. The average Bonchev–Trinajstić information content (AvgIpc) is 3.01. The fourth-order valence-electron chi connectivity index (χ4n) is 4.85. The van der Waals surface area contributed by atoms with Crippen LogP contribution >= 0.6 is 11.6 Å². The van der Waals surface area contributed by atoms with Crippen LogP contribution in [0.2, 0.25) is 5.02 Å². The smallest absolute Gasteiger partial charge is 0.325 e. The fraction of sp³-hybridized carbons (Fsp3) is 0.452. The topological polar surface area (TPSA) is 166 Å². The number of anilines is 1. The maximum absolute atomic E-state index is 13.6. The van der Waals surface area contributed by atoms with Gasteiger partial charge in [0.15, 0.2) is 0 Å². The van der Waals surface area contributed by atoms with Gasteiger partial charge in [0.25, 0.3) is 11.8 Å². The van der Waals surface area contributed by atoms with Crippen molar-refractivity contribution in [1.82, 2.24) is 16.0 Å². The molecule has 0 aliphatic heterocycles. The minimum atomic E-state index is -1.38. The summed E-state index contributed by atoms with van der Waals surface area (Å²) in [6, 6.07) is 11.2. The highest BCUT2D eigenvalue weighted by atomic mass is 35.5. The Bertz CT molecular complexity index is 1270. The summed E-state index contributed by atoms with van der Waals surface area (Å²) in [4.78, 5) is 64.3. The van der Waals surface area contributed by atoms with Crippen LogP contribution in [0.5, 0.6) is 0 Å². The van der Waals surface area contributed by atoms with Gasteiger partial charge in [-0.3, -0.25) is 24.0 Å². The Morgan fingerprint density at radius 1 is 0.977 bits per heavy atom. The van der Waals surface area contributed by atoms with E-state index in [0.29, 0.717) is 11.4 Å². The number of ether oxygens (including phenoxy) is 2. The van der Waals surface area contributed by atoms with Crippen molar-refractivity contribution in [2.75, 3.05) is 25.5 Å². The number of esters is 1. The molecule has 2 aromatic carbocycles. The van der Waals surface area contributed by atoms with E-state index >= 15 is 0 Å². The molecule has 1 fully saturated rings. The fourth-order valence-corrected chi connectivity index (χ4v) is 4.97. The Labute approximate surface area is 256 Å². The van der Waals surface area contributed by atoms with Crippen LogP contribution in [-0.4, -0.2) is 61.3 Å². The molecule has 1 saturated carbocycles. The number of halogens is 1. The standard InChI is InChI=1S/C31H39ClN4O7/c1-2-43-27(37)17-34-31(41)28(38)26(19-42-18-21-11-7-4-8-12-21)36-30(40)25(15-20-9-5-3-6-10-20)35-29(39)22-13-14-23(32)24(33)16-22/h4,7-8,11-14,16,20,25-26H,2-3,5-6,9-10,15,17-19,33H2,1H3,(H,34,41)(H,35,39)(H,36,40)/t25-,26?/m1/s1. The van der Waals surface area contributed by atoms with E-state index < -0.39 is 48.1 Å². The van der Waals surface area contributed by atoms with Gasteiger partial charge < -0.3 is 31.2 Å². The lowest BCUT2D eigenvalue weighted by molar-refractivity contribution is -0.146. The molecule has 5 N–H and O–H groups in total. The Kier molecular flexibility index (Phi) is 13.4. The molecule has 2 aromatic rings. The van der Waals surface area contributed by atoms with Crippen molar-refractivity contribution in [2.24, 2.45) is 5.92 Å². The van der Waals surface area contributed by atoms with Gasteiger partial charge in [0.2, 0.25) is 11.7 Å². The summed E-state index contributed by atoms with van der Waals surface area (Å²) >= 11 is 6.00. The number of rotatable bonds is 15. The van der Waals surface area contributed by atoms with Crippen molar-refractivity contribution in [1.29, 1.82) is 0 Å². The second kappa shape index (κ2) is 17.2. The average molecular weight is 615 g/mol. The molecular formula is C31H39ClN4O7. The molecular weight excluding hydrogens is 576 g/mol. The van der Waals surface area contributed by atoms with Crippen LogP contribution in [0.1, 0.15) is 61.4 Å². The van der Waals surface area contributed by atoms with Crippen LogP contribution in [0.4, 0.5) is 5.69 Å². The minimum Gasteiger partial charge on any atom is -0.465 e. The van der Waals surface area contributed by atoms with Gasteiger partial charge in [-0.15, -0.1) is 0 Å². The van der Waals surface area contributed by atoms with Gasteiger partial charge in [0.1, 0.15) is 18.6 Å². The summed E-state index contributed by atoms with van der Waals surface area (Å²) in [5, 5.41) is 7.91. The van der Waals surface area contributed by atoms with Gasteiger partial charge in [-0.2, -0.15) is 0 Å². The van der Waals surface area contributed by atoms with E-state index in [-0.39, 0.29) is 37.0 Å². The number of nitrogens with two attached hydrogens (primary N) is 1. The zero-order valence-corrected chi connectivity index (χ0v) is 25.0. The maximum Gasteiger partial charge on any atom is 0.325 e. The van der Waals surface area contributed by atoms with Crippen LogP contribution in [0.3, 0.4) is 0 Å². The lowest BCUT2D eigenvalue weighted by Crippen LogP contribution is -2.56. The van der Waals surface area contributed by atoms with Crippen LogP contribution in [-0.2, 0) is 35.3 Å². The Morgan fingerprint density at radius 3 is 2.37 bits per heavy atom. The Balaban J connectivity index is 1.76. The van der Waals surface area contributed by atoms with Gasteiger partial charge in [-0.1, -0.05) is 74.0 Å². The zero-order chi connectivity index (χ0) is 31.2. The molecule has 2 atom stereocenters. The largest absolute Gasteiger partial charge is 0.465 e. The summed E-state index contributed by atoms with van der Waals surface area (Å²) in [5.74, 6) is -3.76. The molecule has 12 heteroatoms. The molecule has 0 radical (unpaired) electrons. The van der Waals surface area contributed by atoms with Gasteiger partial charge in [-0.25, -0.2) is 0 Å². The highest BCUT2D eigenvalue weighted by Gasteiger charge is 2.32. The molecule has 11 nitrogen and oxygen atoms in total. The SMILES string of the molecule is CCOC(=O)CNC(=O)C(=O)C(COCc1ccccc1)NC(=O)[C@@H](CC1CCCCC1)NC(=O)c1ccc(Cl)c(N)c1. The highest BCUT2D eigenvalue weighted by molar-refractivity contribution is 6.38. The first-order chi connectivity index (χ1) is 20.7. The second-order valence-electron chi connectivity index (χ2n) is 10.4. The normalized spacial score (nSPS) is 14.7. The number of carbonyl (C=O) groups excluding carboxylic acids is 5. The third kappa shape index (κ3) is 11.0. The molecule has 0 heterocycles. The van der Waals surface area contributed by atoms with Gasteiger partial charge in [0.05, 0.1) is 30.5 Å². The number of ketones is 1. The molecule has 3 amide bonds. The molecule has 0 spiro atoms. The number of nitrogen functional groups attached to an aromatic ring is 1. The third-order valence-electron chi connectivity index (χ3n) is 7.13. The van der Waals surface area contributed by atoms with Gasteiger partial charge in [0, 0.05) is 5.56 Å². The molecule has 0 aromatic heterocycles. The van der Waals surface area contributed by atoms with Crippen molar-refractivity contribution in [3.05, 3.63) is 64.7 Å². The molecule has 232 valence electrons. The number of Topliss-reactive ketones (excluding diaryl/α,β-unsaturated/α-hetero) is 1. The summed E-state index contributed by atoms with van der Waals surface area (Å²) in [6.07, 6.45) is 5.33.